The van der Waals surface area contributed by atoms with Crippen LogP contribution in [0.4, 0.5) is 0 Å². The molecule has 0 aromatic heterocycles. The zero-order chi connectivity index (χ0) is 15.1. The molecular formula is C16H26N2O3. The Kier molecular flexibility index (Phi) is 6.45. The molecule has 5 nitrogen and oxygen atoms in total. The molecule has 1 aromatic rings. The lowest BCUT2D eigenvalue weighted by molar-refractivity contribution is -0.0453. The number of ether oxygens (including phenoxy) is 2. The Hall–Kier alpha value is -1.14. The molecule has 0 amide bonds. The largest absolute Gasteiger partial charge is 0.491 e. The minimum absolute atomic E-state index is 0.285. The van der Waals surface area contributed by atoms with Crippen molar-refractivity contribution in [1.29, 1.82) is 0 Å². The molecule has 0 saturated carbocycles. The summed E-state index contributed by atoms with van der Waals surface area (Å²) in [5.41, 5.74) is 6.63. The fourth-order valence-electron chi connectivity index (χ4n) is 2.50. The van der Waals surface area contributed by atoms with Crippen LogP contribution in [-0.4, -0.2) is 55.1 Å². The molecule has 2 unspecified atom stereocenters. The molecule has 0 bridgehead atoms. The molecule has 2 rings (SSSR count). The first-order valence-corrected chi connectivity index (χ1v) is 7.65. The second-order valence-electron chi connectivity index (χ2n) is 5.48. The molecule has 3 N–H and O–H groups in total. The Balaban J connectivity index is 1.75. The van der Waals surface area contributed by atoms with Gasteiger partial charge in [0.1, 0.15) is 18.5 Å². The molecule has 1 aromatic carbocycles. The Labute approximate surface area is 126 Å². The molecular weight excluding hydrogens is 268 g/mol. The molecule has 2 atom stereocenters. The van der Waals surface area contributed by atoms with Gasteiger partial charge in [-0.3, -0.25) is 4.90 Å². The van der Waals surface area contributed by atoms with Crippen molar-refractivity contribution < 1.29 is 14.6 Å². The number of nitrogens with two attached hydrogens (primary N) is 1. The molecule has 0 spiro atoms. The molecule has 0 radical (unpaired) electrons. The summed E-state index contributed by atoms with van der Waals surface area (Å²) in [6.07, 6.45) is 0.796. The Morgan fingerprint density at radius 1 is 1.52 bits per heavy atom. The van der Waals surface area contributed by atoms with E-state index in [0.29, 0.717) is 19.7 Å². The van der Waals surface area contributed by atoms with Crippen LogP contribution in [0.25, 0.3) is 0 Å². The highest BCUT2D eigenvalue weighted by atomic mass is 16.5. The van der Waals surface area contributed by atoms with Crippen molar-refractivity contribution in [1.82, 2.24) is 4.90 Å². The number of rotatable bonds is 7. The lowest BCUT2D eigenvalue weighted by atomic mass is 10.2. The van der Waals surface area contributed by atoms with Gasteiger partial charge in [-0.2, -0.15) is 0 Å². The van der Waals surface area contributed by atoms with Gasteiger partial charge < -0.3 is 20.3 Å². The molecule has 21 heavy (non-hydrogen) atoms. The maximum absolute atomic E-state index is 10.1. The van der Waals surface area contributed by atoms with E-state index in [0.717, 1.165) is 37.4 Å². The van der Waals surface area contributed by atoms with Crippen LogP contribution in [0.2, 0.25) is 0 Å². The van der Waals surface area contributed by atoms with E-state index in [1.807, 2.05) is 24.3 Å². The van der Waals surface area contributed by atoms with Crippen molar-refractivity contribution in [3.05, 3.63) is 29.8 Å². The molecule has 1 fully saturated rings. The first kappa shape index (κ1) is 16.2. The zero-order valence-corrected chi connectivity index (χ0v) is 12.7. The summed E-state index contributed by atoms with van der Waals surface area (Å²) in [5.74, 6) is 0.755. The van der Waals surface area contributed by atoms with Gasteiger partial charge in [0.15, 0.2) is 0 Å². The SMILES string of the molecule is CCC1CN(CC(O)COc2cccc(CN)c2)CCO1. The van der Waals surface area contributed by atoms with Crippen molar-refractivity contribution in [2.75, 3.05) is 32.8 Å². The van der Waals surface area contributed by atoms with Crippen LogP contribution in [0.3, 0.4) is 0 Å². The molecule has 1 heterocycles. The number of nitrogens with zero attached hydrogens (tertiary/aromatic N) is 1. The highest BCUT2D eigenvalue weighted by Gasteiger charge is 2.21. The van der Waals surface area contributed by atoms with Crippen molar-refractivity contribution >= 4 is 0 Å². The maximum atomic E-state index is 10.1. The van der Waals surface area contributed by atoms with Gasteiger partial charge >= 0.3 is 0 Å². The second kappa shape index (κ2) is 8.34. The van der Waals surface area contributed by atoms with Crippen LogP contribution in [-0.2, 0) is 11.3 Å². The van der Waals surface area contributed by atoms with Gasteiger partial charge in [0, 0.05) is 26.2 Å². The lowest BCUT2D eigenvalue weighted by Crippen LogP contribution is -2.46. The summed E-state index contributed by atoms with van der Waals surface area (Å²) < 4.78 is 11.3. The summed E-state index contributed by atoms with van der Waals surface area (Å²) in [6, 6.07) is 7.67. The van der Waals surface area contributed by atoms with Gasteiger partial charge in [0.25, 0.3) is 0 Å². The van der Waals surface area contributed by atoms with Crippen LogP contribution in [0.1, 0.15) is 18.9 Å². The third-order valence-corrected chi connectivity index (χ3v) is 3.72. The van der Waals surface area contributed by atoms with E-state index in [9.17, 15) is 5.11 Å². The average molecular weight is 294 g/mol. The van der Waals surface area contributed by atoms with Gasteiger partial charge in [-0.25, -0.2) is 0 Å². The highest BCUT2D eigenvalue weighted by Crippen LogP contribution is 2.14. The number of aliphatic hydroxyl groups is 1. The number of aliphatic hydroxyl groups excluding tert-OH is 1. The van der Waals surface area contributed by atoms with E-state index in [2.05, 4.69) is 11.8 Å². The monoisotopic (exact) mass is 294 g/mol. The van der Waals surface area contributed by atoms with E-state index in [4.69, 9.17) is 15.2 Å². The van der Waals surface area contributed by atoms with Gasteiger partial charge in [-0.05, 0) is 24.1 Å². The minimum atomic E-state index is -0.498. The van der Waals surface area contributed by atoms with Crippen molar-refractivity contribution in [3.63, 3.8) is 0 Å². The second-order valence-corrected chi connectivity index (χ2v) is 5.48. The fourth-order valence-corrected chi connectivity index (χ4v) is 2.50. The van der Waals surface area contributed by atoms with E-state index in [1.54, 1.807) is 0 Å². The first-order valence-electron chi connectivity index (χ1n) is 7.65. The summed E-state index contributed by atoms with van der Waals surface area (Å²) in [5, 5.41) is 10.1. The van der Waals surface area contributed by atoms with Crippen LogP contribution >= 0.6 is 0 Å². The van der Waals surface area contributed by atoms with Gasteiger partial charge in [0.05, 0.1) is 12.7 Å². The molecule has 118 valence electrons. The maximum Gasteiger partial charge on any atom is 0.119 e. The quantitative estimate of drug-likeness (QED) is 0.785. The van der Waals surface area contributed by atoms with E-state index in [1.165, 1.54) is 0 Å². The zero-order valence-electron chi connectivity index (χ0n) is 12.7. The number of hydrogen-bond acceptors (Lipinski definition) is 5. The number of morpholine rings is 1. The Bertz CT molecular complexity index is 428. The minimum Gasteiger partial charge on any atom is -0.491 e. The standard InChI is InChI=1S/C16H26N2O3/c1-2-15-11-18(6-7-20-15)10-14(19)12-21-16-5-3-4-13(8-16)9-17/h3-5,8,14-15,19H,2,6-7,9-12,17H2,1H3. The lowest BCUT2D eigenvalue weighted by Gasteiger charge is -2.33. The van der Waals surface area contributed by atoms with Gasteiger partial charge in [-0.15, -0.1) is 0 Å². The van der Waals surface area contributed by atoms with Crippen LogP contribution in [0.15, 0.2) is 24.3 Å². The molecule has 5 heteroatoms. The third-order valence-electron chi connectivity index (χ3n) is 3.72. The molecule has 0 aliphatic carbocycles. The van der Waals surface area contributed by atoms with Crippen LogP contribution in [0, 0.1) is 0 Å². The van der Waals surface area contributed by atoms with Crippen LogP contribution in [0.5, 0.6) is 5.75 Å². The fraction of sp³-hybridized carbons (Fsp3) is 0.625. The highest BCUT2D eigenvalue weighted by molar-refractivity contribution is 5.28. The number of hydrogen-bond donors (Lipinski definition) is 2. The summed E-state index contributed by atoms with van der Waals surface area (Å²) in [4.78, 5) is 2.24. The van der Waals surface area contributed by atoms with E-state index in [-0.39, 0.29) is 6.10 Å². The third kappa shape index (κ3) is 5.28. The molecule has 1 aliphatic rings. The summed E-state index contributed by atoms with van der Waals surface area (Å²) >= 11 is 0. The molecule has 1 aliphatic heterocycles. The Morgan fingerprint density at radius 3 is 3.14 bits per heavy atom. The predicted octanol–water partition coefficient (Wildman–Crippen LogP) is 0.996. The van der Waals surface area contributed by atoms with E-state index >= 15 is 0 Å². The van der Waals surface area contributed by atoms with Gasteiger partial charge in [0.2, 0.25) is 0 Å². The first-order chi connectivity index (χ1) is 10.2. The summed E-state index contributed by atoms with van der Waals surface area (Å²) in [7, 11) is 0. The van der Waals surface area contributed by atoms with Gasteiger partial charge in [-0.1, -0.05) is 19.1 Å². The predicted molar refractivity (Wildman–Crippen MR) is 82.3 cm³/mol. The summed E-state index contributed by atoms with van der Waals surface area (Å²) in [6.45, 7) is 6.03. The van der Waals surface area contributed by atoms with Crippen molar-refractivity contribution in [2.45, 2.75) is 32.1 Å². The number of β-amino-alcohol motifs (C(OH)–C–C–N with tert-alkyl or cyclic N) is 1. The smallest absolute Gasteiger partial charge is 0.119 e. The van der Waals surface area contributed by atoms with Crippen molar-refractivity contribution in [2.24, 2.45) is 5.73 Å². The Morgan fingerprint density at radius 2 is 2.38 bits per heavy atom. The topological polar surface area (TPSA) is 68.0 Å². The van der Waals surface area contributed by atoms with E-state index < -0.39 is 6.10 Å². The molecule has 1 saturated heterocycles. The van der Waals surface area contributed by atoms with Crippen molar-refractivity contribution in [3.8, 4) is 5.75 Å². The number of benzene rings is 1. The van der Waals surface area contributed by atoms with Crippen LogP contribution < -0.4 is 10.5 Å². The average Bonchev–Trinajstić information content (AvgIpc) is 2.53. The normalized spacial score (nSPS) is 21.2.